The Kier molecular flexibility index (Phi) is 3.65. The van der Waals surface area contributed by atoms with Crippen molar-refractivity contribution in [1.82, 2.24) is 4.98 Å². The van der Waals surface area contributed by atoms with E-state index in [1.54, 1.807) is 20.8 Å². The highest BCUT2D eigenvalue weighted by atomic mass is 35.5. The predicted molar refractivity (Wildman–Crippen MR) is 63.8 cm³/mol. The van der Waals surface area contributed by atoms with Crippen LogP contribution in [0.1, 0.15) is 31.1 Å². The van der Waals surface area contributed by atoms with E-state index in [1.165, 1.54) is 6.20 Å². The lowest BCUT2D eigenvalue weighted by Gasteiger charge is -2.20. The van der Waals surface area contributed by atoms with Gasteiger partial charge in [0, 0.05) is 6.20 Å². The molecule has 0 aromatic carbocycles. The second-order valence-electron chi connectivity index (χ2n) is 4.19. The Balaban J connectivity index is 3.06. The Morgan fingerprint density at radius 1 is 1.44 bits per heavy atom. The molecule has 0 unspecified atom stereocenters. The monoisotopic (exact) mass is 262 g/mol. The Hall–Kier alpha value is -1.00. The third-order valence-electron chi connectivity index (χ3n) is 1.63. The lowest BCUT2D eigenvalue weighted by Crippen LogP contribution is -2.24. The van der Waals surface area contributed by atoms with Crippen molar-refractivity contribution < 1.29 is 9.53 Å². The molecule has 0 fully saturated rings. The minimum absolute atomic E-state index is 0.0602. The zero-order valence-corrected chi connectivity index (χ0v) is 10.7. The summed E-state index contributed by atoms with van der Waals surface area (Å²) in [5.41, 5.74) is 5.24. The van der Waals surface area contributed by atoms with Gasteiger partial charge < -0.3 is 10.5 Å². The summed E-state index contributed by atoms with van der Waals surface area (Å²) in [5.74, 6) is -0.573. The quantitative estimate of drug-likeness (QED) is 0.625. The van der Waals surface area contributed by atoms with Gasteiger partial charge in [-0.05, 0) is 20.8 Å². The first kappa shape index (κ1) is 13.1. The van der Waals surface area contributed by atoms with Gasteiger partial charge in [0.1, 0.15) is 21.3 Å². The number of nitrogens with two attached hydrogens (primary N) is 1. The maximum Gasteiger partial charge on any atom is 0.342 e. The van der Waals surface area contributed by atoms with Crippen LogP contribution in [0.2, 0.25) is 10.2 Å². The smallest absolute Gasteiger partial charge is 0.342 e. The van der Waals surface area contributed by atoms with Crippen LogP contribution in [0.5, 0.6) is 0 Å². The molecule has 4 nitrogen and oxygen atoms in total. The van der Waals surface area contributed by atoms with Crippen LogP contribution in [-0.2, 0) is 4.74 Å². The van der Waals surface area contributed by atoms with Crippen LogP contribution in [0.25, 0.3) is 0 Å². The third-order valence-corrected chi connectivity index (χ3v) is 2.40. The van der Waals surface area contributed by atoms with E-state index in [0.29, 0.717) is 0 Å². The molecule has 2 N–H and O–H groups in total. The van der Waals surface area contributed by atoms with Gasteiger partial charge in [-0.3, -0.25) is 0 Å². The zero-order chi connectivity index (χ0) is 12.5. The number of rotatable bonds is 1. The first-order valence-electron chi connectivity index (χ1n) is 4.55. The van der Waals surface area contributed by atoms with Gasteiger partial charge in [-0.1, -0.05) is 23.2 Å². The highest BCUT2D eigenvalue weighted by molar-refractivity contribution is 6.43. The number of aromatic nitrogens is 1. The fraction of sp³-hybridized carbons (Fsp3) is 0.400. The molecule has 0 aliphatic heterocycles. The van der Waals surface area contributed by atoms with E-state index in [2.05, 4.69) is 4.98 Å². The summed E-state index contributed by atoms with van der Waals surface area (Å²) >= 11 is 11.4. The molecule has 0 aliphatic carbocycles. The molecule has 0 atom stereocenters. The summed E-state index contributed by atoms with van der Waals surface area (Å²) in [6.45, 7) is 5.27. The summed E-state index contributed by atoms with van der Waals surface area (Å²) in [6, 6.07) is 0. The molecule has 0 aliphatic rings. The number of esters is 1. The van der Waals surface area contributed by atoms with Crippen molar-refractivity contribution in [2.45, 2.75) is 26.4 Å². The first-order valence-corrected chi connectivity index (χ1v) is 5.31. The van der Waals surface area contributed by atoms with E-state index in [9.17, 15) is 4.79 Å². The average Bonchev–Trinajstić information content (AvgIpc) is 2.11. The molecule has 0 bridgehead atoms. The first-order chi connectivity index (χ1) is 7.22. The van der Waals surface area contributed by atoms with Gasteiger partial charge in [-0.15, -0.1) is 0 Å². The molecular formula is C10H12Cl2N2O2. The number of pyridine rings is 1. The van der Waals surface area contributed by atoms with Crippen LogP contribution >= 0.6 is 23.2 Å². The molecular weight excluding hydrogens is 251 g/mol. The Bertz CT molecular complexity index is 428. The summed E-state index contributed by atoms with van der Waals surface area (Å²) < 4.78 is 5.14. The number of anilines is 1. The molecule has 0 spiro atoms. The number of halogens is 2. The van der Waals surface area contributed by atoms with E-state index >= 15 is 0 Å². The SMILES string of the molecule is CC(C)(C)OC(=O)c1cnc(Cl)c(Cl)c1N. The minimum atomic E-state index is -0.602. The van der Waals surface area contributed by atoms with Gasteiger partial charge >= 0.3 is 5.97 Å². The standard InChI is InChI=1S/C10H12Cl2N2O2/c1-10(2,3)16-9(15)5-4-14-8(12)6(11)7(5)13/h4H,1-3H3,(H2,13,14). The second-order valence-corrected chi connectivity index (χ2v) is 4.93. The Labute approximate surface area is 104 Å². The van der Waals surface area contributed by atoms with Crippen LogP contribution in [-0.4, -0.2) is 16.6 Å². The van der Waals surface area contributed by atoms with Crippen molar-refractivity contribution in [3.63, 3.8) is 0 Å². The van der Waals surface area contributed by atoms with Crippen LogP contribution in [0.4, 0.5) is 5.69 Å². The number of ether oxygens (including phenoxy) is 1. The number of carbonyl (C=O) groups is 1. The van der Waals surface area contributed by atoms with E-state index in [0.717, 1.165) is 0 Å². The molecule has 88 valence electrons. The predicted octanol–water partition coefficient (Wildman–Crippen LogP) is 2.93. The molecule has 1 heterocycles. The summed E-state index contributed by atoms with van der Waals surface area (Å²) in [5, 5.41) is 0.122. The fourth-order valence-corrected chi connectivity index (χ4v) is 1.27. The molecule has 1 aromatic rings. The number of carbonyl (C=O) groups excluding carboxylic acids is 1. The van der Waals surface area contributed by atoms with Crippen molar-refractivity contribution in [2.24, 2.45) is 0 Å². The zero-order valence-electron chi connectivity index (χ0n) is 9.17. The van der Waals surface area contributed by atoms with Crippen LogP contribution in [0.15, 0.2) is 6.20 Å². The molecule has 0 saturated heterocycles. The molecule has 0 saturated carbocycles. The van der Waals surface area contributed by atoms with Crippen LogP contribution < -0.4 is 5.73 Å². The highest BCUT2D eigenvalue weighted by Gasteiger charge is 2.22. The lowest BCUT2D eigenvalue weighted by molar-refractivity contribution is 0.00704. The number of hydrogen-bond donors (Lipinski definition) is 1. The molecule has 16 heavy (non-hydrogen) atoms. The van der Waals surface area contributed by atoms with Gasteiger partial charge in [-0.25, -0.2) is 9.78 Å². The maximum absolute atomic E-state index is 11.7. The van der Waals surface area contributed by atoms with E-state index in [1.807, 2.05) is 0 Å². The number of hydrogen-bond acceptors (Lipinski definition) is 4. The van der Waals surface area contributed by atoms with Gasteiger partial charge in [0.05, 0.1) is 5.69 Å². The number of nitrogens with zero attached hydrogens (tertiary/aromatic N) is 1. The topological polar surface area (TPSA) is 65.2 Å². The average molecular weight is 263 g/mol. The summed E-state index contributed by atoms with van der Waals surface area (Å²) in [6.07, 6.45) is 1.25. The summed E-state index contributed by atoms with van der Waals surface area (Å²) in [7, 11) is 0. The van der Waals surface area contributed by atoms with Crippen molar-refractivity contribution in [1.29, 1.82) is 0 Å². The van der Waals surface area contributed by atoms with Crippen LogP contribution in [0, 0.1) is 0 Å². The molecule has 0 amide bonds. The second kappa shape index (κ2) is 4.47. The van der Waals surface area contributed by atoms with Crippen LogP contribution in [0.3, 0.4) is 0 Å². The fourth-order valence-electron chi connectivity index (χ4n) is 0.973. The van der Waals surface area contributed by atoms with E-state index < -0.39 is 11.6 Å². The van der Waals surface area contributed by atoms with Gasteiger partial charge in [0.2, 0.25) is 0 Å². The van der Waals surface area contributed by atoms with E-state index in [4.69, 9.17) is 33.7 Å². The largest absolute Gasteiger partial charge is 0.456 e. The molecule has 6 heteroatoms. The van der Waals surface area contributed by atoms with E-state index in [-0.39, 0.29) is 21.4 Å². The summed E-state index contributed by atoms with van der Waals surface area (Å²) in [4.78, 5) is 15.4. The highest BCUT2D eigenvalue weighted by Crippen LogP contribution is 2.29. The molecule has 1 aromatic heterocycles. The third kappa shape index (κ3) is 3.00. The number of nitrogen functional groups attached to an aromatic ring is 1. The molecule has 1 rings (SSSR count). The Morgan fingerprint density at radius 2 is 2.00 bits per heavy atom. The van der Waals surface area contributed by atoms with Crippen molar-refractivity contribution in [2.75, 3.05) is 5.73 Å². The Morgan fingerprint density at radius 3 is 2.50 bits per heavy atom. The van der Waals surface area contributed by atoms with Crippen molar-refractivity contribution >= 4 is 34.9 Å². The normalized spacial score (nSPS) is 11.3. The minimum Gasteiger partial charge on any atom is -0.456 e. The lowest BCUT2D eigenvalue weighted by atomic mass is 10.2. The van der Waals surface area contributed by atoms with Crippen molar-refractivity contribution in [3.05, 3.63) is 21.9 Å². The maximum atomic E-state index is 11.7. The molecule has 0 radical (unpaired) electrons. The van der Waals surface area contributed by atoms with Crippen molar-refractivity contribution in [3.8, 4) is 0 Å². The van der Waals surface area contributed by atoms with Gasteiger partial charge in [-0.2, -0.15) is 0 Å². The van der Waals surface area contributed by atoms with Gasteiger partial charge in [0.15, 0.2) is 0 Å². The van der Waals surface area contributed by atoms with Gasteiger partial charge in [0.25, 0.3) is 0 Å².